The summed E-state index contributed by atoms with van der Waals surface area (Å²) in [4.78, 5) is 53.3. The van der Waals surface area contributed by atoms with Crippen molar-refractivity contribution in [3.8, 4) is 17.7 Å². The van der Waals surface area contributed by atoms with E-state index >= 15 is 0 Å². The highest BCUT2D eigenvalue weighted by molar-refractivity contribution is 6.07. The van der Waals surface area contributed by atoms with Gasteiger partial charge >= 0.3 is 0 Å². The minimum absolute atomic E-state index is 0.00150. The highest BCUT2D eigenvalue weighted by Gasteiger charge is 2.42. The molecule has 2 fully saturated rings. The number of amides is 2. The molecule has 0 spiro atoms. The summed E-state index contributed by atoms with van der Waals surface area (Å²) in [5.74, 6) is -0.303. The lowest BCUT2D eigenvalue weighted by molar-refractivity contribution is -0.142. The number of carbonyl (C=O) groups excluding carboxylic acids is 2. The number of pyridine rings is 1. The van der Waals surface area contributed by atoms with E-state index in [-0.39, 0.29) is 54.6 Å². The molecule has 2 atom stereocenters. The number of anilines is 1. The van der Waals surface area contributed by atoms with Crippen molar-refractivity contribution in [3.63, 3.8) is 0 Å². The highest BCUT2D eigenvalue weighted by atomic mass is 16.5. The fourth-order valence-corrected chi connectivity index (χ4v) is 7.20. The zero-order chi connectivity index (χ0) is 35.5. The molecule has 2 aromatic heterocycles. The van der Waals surface area contributed by atoms with Crippen LogP contribution in [0.3, 0.4) is 0 Å². The molecule has 12 nitrogen and oxygen atoms in total. The Morgan fingerprint density at radius 3 is 2.49 bits per heavy atom. The van der Waals surface area contributed by atoms with Crippen LogP contribution in [-0.4, -0.2) is 73.0 Å². The molecule has 5 aromatic rings. The number of nitrogens with two attached hydrogens (primary N) is 1. The molecule has 2 saturated heterocycles. The molecule has 2 amide bonds. The normalized spacial score (nSPS) is 18.6. The summed E-state index contributed by atoms with van der Waals surface area (Å²) >= 11 is 0. The van der Waals surface area contributed by atoms with Crippen molar-refractivity contribution in [1.82, 2.24) is 24.3 Å². The fraction of sp³-hybridized carbons (Fsp3) is 0.282. The standard InChI is InChI=1S/C39H37N7O5/c40-21-26-9-11-29(12-10-26)51-35-34(41)38(49)46(25-43-35)24-39(50)15-19-44(20-16-39)36(47)32-14-18-45(23-33(32)27-5-2-1-3-6-27)37(48)31-8-4-7-28-22-42-17-13-30(28)31/h1-13,17,22,25,32-33,50H,14-16,18-20,23-24,41H2/t32-,33+/m1/s1. The Hall–Kier alpha value is -6.06. The number of hydrogen-bond acceptors (Lipinski definition) is 9. The van der Waals surface area contributed by atoms with E-state index in [9.17, 15) is 19.5 Å². The molecule has 2 aliphatic heterocycles. The maximum Gasteiger partial charge on any atom is 0.280 e. The number of nitrogens with zero attached hydrogens (tertiary/aromatic N) is 6. The average molecular weight is 684 g/mol. The van der Waals surface area contributed by atoms with Crippen LogP contribution in [0.4, 0.5) is 5.69 Å². The molecule has 12 heteroatoms. The summed E-state index contributed by atoms with van der Waals surface area (Å²) in [6.07, 6.45) is 5.76. The number of fused-ring (bicyclic) bond motifs is 1. The summed E-state index contributed by atoms with van der Waals surface area (Å²) in [7, 11) is 0. The zero-order valence-electron chi connectivity index (χ0n) is 27.9. The summed E-state index contributed by atoms with van der Waals surface area (Å²) in [6.45, 7) is 1.44. The molecule has 3 N–H and O–H groups in total. The molecule has 0 saturated carbocycles. The van der Waals surface area contributed by atoms with Gasteiger partial charge in [0.05, 0.1) is 23.8 Å². The van der Waals surface area contributed by atoms with Gasteiger partial charge in [0.25, 0.3) is 11.5 Å². The summed E-state index contributed by atoms with van der Waals surface area (Å²) in [6, 6.07) is 25.7. The van der Waals surface area contributed by atoms with Crippen LogP contribution in [0.15, 0.2) is 102 Å². The van der Waals surface area contributed by atoms with Crippen molar-refractivity contribution < 1.29 is 19.4 Å². The molecular formula is C39H37N7O5. The van der Waals surface area contributed by atoms with Crippen LogP contribution in [0.5, 0.6) is 11.6 Å². The molecule has 0 aliphatic carbocycles. The minimum Gasteiger partial charge on any atom is -0.437 e. The van der Waals surface area contributed by atoms with E-state index in [0.717, 1.165) is 16.3 Å². The van der Waals surface area contributed by atoms with E-state index in [1.807, 2.05) is 65.6 Å². The largest absolute Gasteiger partial charge is 0.437 e. The number of ether oxygens (including phenoxy) is 1. The Morgan fingerprint density at radius 2 is 1.75 bits per heavy atom. The molecule has 4 heterocycles. The van der Waals surface area contributed by atoms with Gasteiger partial charge in [-0.15, -0.1) is 0 Å². The summed E-state index contributed by atoms with van der Waals surface area (Å²) in [5.41, 5.74) is 6.16. The third kappa shape index (κ3) is 6.89. The number of aromatic nitrogens is 3. The maximum atomic E-state index is 14.2. The molecule has 0 radical (unpaired) electrons. The van der Waals surface area contributed by atoms with E-state index < -0.39 is 11.2 Å². The number of likely N-dealkylation sites (tertiary alicyclic amines) is 2. The molecule has 0 unspecified atom stereocenters. The van der Waals surface area contributed by atoms with Gasteiger partial charge in [0.2, 0.25) is 11.8 Å². The Labute approximate surface area is 294 Å². The van der Waals surface area contributed by atoms with Crippen LogP contribution in [0.25, 0.3) is 10.8 Å². The van der Waals surface area contributed by atoms with Crippen LogP contribution in [0, 0.1) is 17.2 Å². The number of piperidine rings is 2. The van der Waals surface area contributed by atoms with E-state index in [4.69, 9.17) is 15.7 Å². The Kier molecular flexibility index (Phi) is 9.21. The van der Waals surface area contributed by atoms with Gasteiger partial charge in [-0.05, 0) is 66.6 Å². The predicted octanol–water partition coefficient (Wildman–Crippen LogP) is 4.34. The topological polar surface area (TPSA) is 168 Å². The van der Waals surface area contributed by atoms with Gasteiger partial charge in [-0.25, -0.2) is 4.98 Å². The maximum absolute atomic E-state index is 14.2. The third-order valence-corrected chi connectivity index (χ3v) is 10.1. The number of aliphatic hydroxyl groups is 1. The predicted molar refractivity (Wildman–Crippen MR) is 190 cm³/mol. The summed E-state index contributed by atoms with van der Waals surface area (Å²) < 4.78 is 6.93. The van der Waals surface area contributed by atoms with Crippen molar-refractivity contribution >= 4 is 28.3 Å². The van der Waals surface area contributed by atoms with Gasteiger partial charge in [-0.1, -0.05) is 42.5 Å². The van der Waals surface area contributed by atoms with Gasteiger partial charge in [0.15, 0.2) is 5.69 Å². The Balaban J connectivity index is 1.02. The molecular weight excluding hydrogens is 646 g/mol. The van der Waals surface area contributed by atoms with Crippen LogP contribution < -0.4 is 16.0 Å². The SMILES string of the molecule is N#Cc1ccc(Oc2ncn(CC3(O)CCN(C(=O)[C@@H]4CCN(C(=O)c5cccc6cnccc56)C[C@H]4c4ccccc4)CC3)c(=O)c2N)cc1. The second kappa shape index (κ2) is 14.0. The quantitative estimate of drug-likeness (QED) is 0.254. The van der Waals surface area contributed by atoms with Crippen molar-refractivity contribution in [2.24, 2.45) is 5.92 Å². The lowest BCUT2D eigenvalue weighted by Crippen LogP contribution is -2.53. The van der Waals surface area contributed by atoms with Crippen molar-refractivity contribution in [3.05, 3.63) is 125 Å². The van der Waals surface area contributed by atoms with Gasteiger partial charge in [0.1, 0.15) is 12.1 Å². The van der Waals surface area contributed by atoms with Crippen LogP contribution in [0.1, 0.15) is 46.7 Å². The molecule has 51 heavy (non-hydrogen) atoms. The first-order valence-corrected chi connectivity index (χ1v) is 16.9. The van der Waals surface area contributed by atoms with Gasteiger partial charge in [0, 0.05) is 61.4 Å². The van der Waals surface area contributed by atoms with Crippen molar-refractivity contribution in [1.29, 1.82) is 5.26 Å². The Morgan fingerprint density at radius 1 is 0.980 bits per heavy atom. The van der Waals surface area contributed by atoms with Gasteiger partial charge < -0.3 is 25.4 Å². The highest BCUT2D eigenvalue weighted by Crippen LogP contribution is 2.36. The molecule has 3 aromatic carbocycles. The number of carbonyl (C=O) groups is 2. The lowest BCUT2D eigenvalue weighted by atomic mass is 9.79. The number of hydrogen-bond donors (Lipinski definition) is 2. The number of nitriles is 1. The first kappa shape index (κ1) is 33.4. The van der Waals surface area contributed by atoms with Crippen LogP contribution in [-0.2, 0) is 11.3 Å². The minimum atomic E-state index is -1.26. The lowest BCUT2D eigenvalue weighted by Gasteiger charge is -2.43. The van der Waals surface area contributed by atoms with E-state index in [0.29, 0.717) is 49.5 Å². The first-order chi connectivity index (χ1) is 24.7. The molecule has 0 bridgehead atoms. The van der Waals surface area contributed by atoms with Crippen molar-refractivity contribution in [2.45, 2.75) is 37.3 Å². The number of nitrogen functional groups attached to an aromatic ring is 1. The van der Waals surface area contributed by atoms with E-state index in [1.54, 1.807) is 41.6 Å². The van der Waals surface area contributed by atoms with Crippen molar-refractivity contribution in [2.75, 3.05) is 31.9 Å². The van der Waals surface area contributed by atoms with Crippen LogP contribution >= 0.6 is 0 Å². The summed E-state index contributed by atoms with van der Waals surface area (Å²) in [5, 5.41) is 22.3. The van der Waals surface area contributed by atoms with E-state index in [1.165, 1.54) is 10.9 Å². The second-order valence-electron chi connectivity index (χ2n) is 13.3. The van der Waals surface area contributed by atoms with E-state index in [2.05, 4.69) is 9.97 Å². The Bertz CT molecular complexity index is 2170. The zero-order valence-corrected chi connectivity index (χ0v) is 27.9. The number of rotatable bonds is 7. The molecule has 2 aliphatic rings. The fourth-order valence-electron chi connectivity index (χ4n) is 7.20. The van der Waals surface area contributed by atoms with Gasteiger partial charge in [-0.3, -0.25) is 23.9 Å². The van der Waals surface area contributed by atoms with Gasteiger partial charge in [-0.2, -0.15) is 5.26 Å². The molecule has 258 valence electrons. The monoisotopic (exact) mass is 683 g/mol. The third-order valence-electron chi connectivity index (χ3n) is 10.1. The second-order valence-corrected chi connectivity index (χ2v) is 13.3. The van der Waals surface area contributed by atoms with Crippen LogP contribution in [0.2, 0.25) is 0 Å². The first-order valence-electron chi connectivity index (χ1n) is 16.9. The number of benzene rings is 3. The molecule has 7 rings (SSSR count). The average Bonchev–Trinajstić information content (AvgIpc) is 3.17. The smallest absolute Gasteiger partial charge is 0.280 e.